The van der Waals surface area contributed by atoms with Crippen LogP contribution in [0.15, 0.2) is 0 Å². The van der Waals surface area contributed by atoms with E-state index in [-0.39, 0.29) is 31.0 Å². The summed E-state index contributed by atoms with van der Waals surface area (Å²) >= 11 is 6.76. The lowest BCUT2D eigenvalue weighted by Crippen LogP contribution is -2.52. The van der Waals surface area contributed by atoms with Gasteiger partial charge in [-0.15, -0.1) is 0 Å². The predicted molar refractivity (Wildman–Crippen MR) is 108 cm³/mol. The second-order valence-electron chi connectivity index (χ2n) is 6.08. The van der Waals surface area contributed by atoms with E-state index in [1.54, 1.807) is 11.8 Å². The van der Waals surface area contributed by atoms with Crippen LogP contribution in [0.2, 0.25) is 0 Å². The summed E-state index contributed by atoms with van der Waals surface area (Å²) in [5.41, 5.74) is 4.85. The first-order valence-electron chi connectivity index (χ1n) is 8.06. The van der Waals surface area contributed by atoms with Gasteiger partial charge in [-0.05, 0) is 0 Å². The van der Waals surface area contributed by atoms with Gasteiger partial charge >= 0.3 is 11.7 Å². The molecule has 0 atom stereocenters. The Labute approximate surface area is 165 Å². The maximum absolute atomic E-state index is 13.2. The van der Waals surface area contributed by atoms with Crippen LogP contribution in [-0.2, 0) is 0 Å². The monoisotopic (exact) mass is 417 g/mol. The van der Waals surface area contributed by atoms with E-state index in [9.17, 15) is 20.1 Å². The Morgan fingerprint density at radius 3 is 2.41 bits per heavy atom. The summed E-state index contributed by atoms with van der Waals surface area (Å²) in [6.07, 6.45) is 0. The zero-order valence-corrected chi connectivity index (χ0v) is 15.6. The average molecular weight is 418 g/mol. The molecule has 1 aromatic rings. The summed E-state index contributed by atoms with van der Waals surface area (Å²) in [7, 11) is 0. The molecule has 27 heavy (non-hydrogen) atoms. The van der Waals surface area contributed by atoms with Gasteiger partial charge in [0, 0.05) is 37.7 Å². The molecular weight excluding hydrogens is 394 g/mol. The van der Waals surface area contributed by atoms with Gasteiger partial charge in [0.2, 0.25) is 10.6 Å². The summed E-state index contributed by atoms with van der Waals surface area (Å²) in [6.45, 7) is 2.14. The normalized spacial score (nSPS) is 19.3. The Balaban J connectivity index is 0.00000261. The highest BCUT2D eigenvalue weighted by Gasteiger charge is 2.36. The molecule has 2 saturated heterocycles. The Bertz CT molecular complexity index is 773. The zero-order chi connectivity index (χ0) is 18.9. The van der Waals surface area contributed by atoms with Crippen LogP contribution in [0.25, 0.3) is 0 Å². The molecule has 3 rings (SSSR count). The largest absolute Gasteiger partial charge is 0.626 e. The van der Waals surface area contributed by atoms with Gasteiger partial charge in [-0.2, -0.15) is 16.7 Å². The number of nitro groups is 1. The predicted octanol–water partition coefficient (Wildman–Crippen LogP) is 1.44. The number of hydrogen-bond acceptors (Lipinski definition) is 8. The van der Waals surface area contributed by atoms with Gasteiger partial charge in [0.15, 0.2) is 0 Å². The first-order chi connectivity index (χ1) is 12.3. The fourth-order valence-corrected chi connectivity index (χ4v) is 4.36. The van der Waals surface area contributed by atoms with Crippen LogP contribution in [0.4, 0.5) is 22.2 Å². The lowest BCUT2D eigenvalue weighted by molar-refractivity contribution is -0.385. The van der Waals surface area contributed by atoms with E-state index < -0.39 is 21.3 Å². The van der Waals surface area contributed by atoms with Crippen molar-refractivity contribution in [1.29, 1.82) is 0 Å². The van der Waals surface area contributed by atoms with Crippen molar-refractivity contribution in [3.05, 3.63) is 20.0 Å². The molecule has 0 saturated carbocycles. The number of urea groups is 1. The Morgan fingerprint density at radius 2 is 1.89 bits per heavy atom. The first-order valence-corrected chi connectivity index (χ1v) is 9.62. The highest BCUT2D eigenvalue weighted by Crippen LogP contribution is 2.35. The number of nitrogens with two attached hydrogens (primary N) is 1. The van der Waals surface area contributed by atoms with Gasteiger partial charge in [-0.3, -0.25) is 15.1 Å². The van der Waals surface area contributed by atoms with Gasteiger partial charge in [0.05, 0.1) is 18.0 Å². The van der Waals surface area contributed by atoms with Crippen LogP contribution in [0.3, 0.4) is 0 Å². The number of quaternary nitrogens is 1. The fourth-order valence-electron chi connectivity index (χ4n) is 3.05. The molecule has 150 valence electrons. The number of amides is 2. The number of aromatic amines is 1. The summed E-state index contributed by atoms with van der Waals surface area (Å²) in [4.78, 5) is 32.4. The van der Waals surface area contributed by atoms with E-state index in [0.29, 0.717) is 43.6 Å². The number of primary amides is 1. The van der Waals surface area contributed by atoms with Crippen LogP contribution < -0.4 is 15.3 Å². The summed E-state index contributed by atoms with van der Waals surface area (Å²) in [6, 6.07) is -0.496. The number of carbonyl (C=O) groups is 1. The number of hydroxylamine groups is 2. The number of rotatable bonds is 3. The summed E-state index contributed by atoms with van der Waals surface area (Å²) < 4.78 is -1.02. The summed E-state index contributed by atoms with van der Waals surface area (Å²) in [5, 5.41) is 24.7. The van der Waals surface area contributed by atoms with Crippen molar-refractivity contribution in [3.63, 3.8) is 0 Å². The number of hydrogen-bond donors (Lipinski definition) is 2. The average Bonchev–Trinajstić information content (AvgIpc) is 2.61. The second kappa shape index (κ2) is 8.37. The van der Waals surface area contributed by atoms with Gasteiger partial charge < -0.3 is 25.4 Å². The number of piperazine rings is 1. The van der Waals surface area contributed by atoms with Crippen LogP contribution in [-0.4, -0.2) is 76.6 Å². The molecule has 0 radical (unpaired) electrons. The minimum absolute atomic E-state index is 0. The number of thioether (sulfide) groups is 1. The first kappa shape index (κ1) is 21.3. The Hall–Kier alpha value is -1.96. The molecule has 2 amide bonds. The van der Waals surface area contributed by atoms with Crippen molar-refractivity contribution in [2.45, 2.75) is 7.43 Å². The van der Waals surface area contributed by atoms with E-state index in [2.05, 4.69) is 9.97 Å². The number of carbonyl (C=O) groups excluding carboxylic acids is 1. The molecule has 0 bridgehead atoms. The molecule has 3 heterocycles. The van der Waals surface area contributed by atoms with Gasteiger partial charge in [-0.25, -0.2) is 4.79 Å². The fraction of sp³-hybridized carbons (Fsp3) is 0.643. The number of anilines is 1. The van der Waals surface area contributed by atoms with Crippen LogP contribution in [0.1, 0.15) is 7.43 Å². The third kappa shape index (κ3) is 4.31. The molecule has 0 aromatic carbocycles. The van der Waals surface area contributed by atoms with Crippen molar-refractivity contribution < 1.29 is 9.72 Å². The standard InChI is InChI=1S/C13H19N7O4S2.CH4/c14-12(21)17-1-3-18(4-2-17)13-15-10(9(19(22)23)11(25)16-13)20(24)5-7-26-8-6-20;/h1-8H2,(H2,14,21)(H,15,16,25);1H4. The van der Waals surface area contributed by atoms with Crippen molar-refractivity contribution in [3.8, 4) is 0 Å². The van der Waals surface area contributed by atoms with Crippen molar-refractivity contribution >= 4 is 47.5 Å². The molecule has 2 fully saturated rings. The number of nitrogens with zero attached hydrogens (tertiary/aromatic N) is 5. The van der Waals surface area contributed by atoms with Gasteiger partial charge in [0.1, 0.15) is 0 Å². The molecule has 0 aliphatic carbocycles. The Morgan fingerprint density at radius 1 is 1.30 bits per heavy atom. The molecule has 0 unspecified atom stereocenters. The number of H-pyrrole nitrogens is 1. The maximum atomic E-state index is 13.2. The van der Waals surface area contributed by atoms with Gasteiger partial charge in [0.25, 0.3) is 5.82 Å². The molecule has 3 N–H and O–H groups in total. The van der Waals surface area contributed by atoms with Crippen molar-refractivity contribution in [1.82, 2.24) is 19.5 Å². The lowest BCUT2D eigenvalue weighted by Gasteiger charge is -2.43. The highest BCUT2D eigenvalue weighted by atomic mass is 32.2. The number of nitrogens with one attached hydrogen (secondary N) is 1. The third-order valence-electron chi connectivity index (χ3n) is 4.54. The van der Waals surface area contributed by atoms with Crippen LogP contribution in [0.5, 0.6) is 0 Å². The number of aromatic nitrogens is 2. The van der Waals surface area contributed by atoms with Gasteiger partial charge in [-0.1, -0.05) is 19.6 Å². The zero-order valence-electron chi connectivity index (χ0n) is 13.9. The molecular formula is C14H23N7O4S2. The highest BCUT2D eigenvalue weighted by molar-refractivity contribution is 7.99. The third-order valence-corrected chi connectivity index (χ3v) is 5.77. The topological polar surface area (TPSA) is 144 Å². The minimum atomic E-state index is -0.816. The molecule has 13 heteroatoms. The van der Waals surface area contributed by atoms with Crippen LogP contribution >= 0.6 is 24.0 Å². The van der Waals surface area contributed by atoms with Crippen molar-refractivity contribution in [2.75, 3.05) is 55.7 Å². The second-order valence-corrected chi connectivity index (χ2v) is 7.69. The maximum Gasteiger partial charge on any atom is 0.384 e. The van der Waals surface area contributed by atoms with E-state index in [0.717, 1.165) is 0 Å². The summed E-state index contributed by atoms with van der Waals surface area (Å²) in [5.74, 6) is 1.50. The van der Waals surface area contributed by atoms with E-state index in [4.69, 9.17) is 18.0 Å². The molecule has 2 aliphatic rings. The van der Waals surface area contributed by atoms with Crippen molar-refractivity contribution in [2.24, 2.45) is 5.73 Å². The molecule has 1 aromatic heterocycles. The molecule has 2 aliphatic heterocycles. The lowest BCUT2D eigenvalue weighted by atomic mass is 10.3. The molecule has 0 spiro atoms. The van der Waals surface area contributed by atoms with E-state index in [1.807, 2.05) is 4.90 Å². The quantitative estimate of drug-likeness (QED) is 0.247. The van der Waals surface area contributed by atoms with E-state index in [1.165, 1.54) is 4.90 Å². The minimum Gasteiger partial charge on any atom is -0.626 e. The smallest absolute Gasteiger partial charge is 0.384 e. The van der Waals surface area contributed by atoms with Crippen LogP contribution in [0, 0.1) is 20.0 Å². The SMILES string of the molecule is C.NC(=O)N1CCN(c2nc(=S)c([N+](=O)[O-])c([N+]3([O-])CCSCC3)[nH]2)CC1. The van der Waals surface area contributed by atoms with E-state index >= 15 is 0 Å². The molecule has 11 nitrogen and oxygen atoms in total. The Kier molecular flexibility index (Phi) is 6.62.